The predicted molar refractivity (Wildman–Crippen MR) is 28.1 cm³/mol. The van der Waals surface area contributed by atoms with Gasteiger partial charge in [0.1, 0.15) is 5.69 Å². The maximum absolute atomic E-state index is 12.3. The number of rotatable bonds is 1. The molecule has 0 aliphatic heterocycles. The largest absolute Gasteiger partial charge is 0.282 e. The van der Waals surface area contributed by atoms with Crippen LogP contribution in [-0.2, 0) is 7.05 Å². The lowest BCUT2D eigenvalue weighted by atomic mass is 10.5. The van der Waals surface area contributed by atoms with E-state index in [4.69, 9.17) is 0 Å². The minimum Gasteiger partial charge on any atom is -0.242 e. The Balaban J connectivity index is 2.98. The number of halogens is 3. The van der Waals surface area contributed by atoms with Crippen LogP contribution < -0.4 is 0 Å². The number of hydrogen-bond donors (Lipinski definition) is 0. The lowest BCUT2D eigenvalue weighted by Gasteiger charge is -1.88. The van der Waals surface area contributed by atoms with Crippen molar-refractivity contribution in [3.05, 3.63) is 17.7 Å². The quantitative estimate of drug-likeness (QED) is 0.593. The van der Waals surface area contributed by atoms with Crippen molar-refractivity contribution in [2.24, 2.45) is 7.05 Å². The molecule has 0 aromatic carbocycles. The number of aromatic nitrogens is 2. The summed E-state index contributed by atoms with van der Waals surface area (Å²) < 4.78 is 36.5. The molecule has 1 heterocycles. The first-order valence-corrected chi connectivity index (χ1v) is 2.59. The van der Waals surface area contributed by atoms with Gasteiger partial charge in [-0.25, -0.2) is 13.5 Å². The molecule has 0 N–H and O–H groups in total. The molecule has 0 unspecified atom stereocenters. The van der Waals surface area contributed by atoms with Gasteiger partial charge in [0.15, 0.2) is 0 Å². The second-order valence-corrected chi connectivity index (χ2v) is 1.82. The van der Waals surface area contributed by atoms with E-state index >= 15 is 0 Å². The summed E-state index contributed by atoms with van der Waals surface area (Å²) in [4.78, 5) is 0. The van der Waals surface area contributed by atoms with E-state index in [0.717, 1.165) is 4.68 Å². The Labute approximate surface area is 55.3 Å². The Morgan fingerprint density at radius 1 is 1.60 bits per heavy atom. The fourth-order valence-corrected chi connectivity index (χ4v) is 0.572. The lowest BCUT2D eigenvalue weighted by Crippen LogP contribution is -1.94. The summed E-state index contributed by atoms with van der Waals surface area (Å²) in [5.41, 5.74) is -0.528. The molecule has 2 nitrogen and oxygen atoms in total. The van der Waals surface area contributed by atoms with Gasteiger partial charge in [0.05, 0.1) is 0 Å². The van der Waals surface area contributed by atoms with Crippen LogP contribution in [0.25, 0.3) is 0 Å². The molecule has 0 aliphatic rings. The van der Waals surface area contributed by atoms with Crippen LogP contribution in [0.15, 0.2) is 6.07 Å². The van der Waals surface area contributed by atoms with Gasteiger partial charge in [-0.15, -0.1) is 0 Å². The normalized spacial score (nSPS) is 10.9. The highest BCUT2D eigenvalue weighted by molar-refractivity contribution is 5.01. The van der Waals surface area contributed by atoms with E-state index in [1.165, 1.54) is 7.05 Å². The molecule has 1 aromatic rings. The van der Waals surface area contributed by atoms with Crippen LogP contribution >= 0.6 is 0 Å². The molecular formula is C5H5F3N2. The highest BCUT2D eigenvalue weighted by Gasteiger charge is 2.12. The van der Waals surface area contributed by atoms with Crippen molar-refractivity contribution in [1.29, 1.82) is 0 Å². The van der Waals surface area contributed by atoms with E-state index in [9.17, 15) is 13.2 Å². The molecule has 0 amide bonds. The standard InChI is InChI=1S/C5H5F3N2/c1-10-4(6)2-3(9-10)5(7)8/h2,5H,1H3. The second-order valence-electron chi connectivity index (χ2n) is 1.82. The van der Waals surface area contributed by atoms with Crippen LogP contribution in [0.3, 0.4) is 0 Å². The van der Waals surface area contributed by atoms with Crippen molar-refractivity contribution in [3.63, 3.8) is 0 Å². The molecule has 0 saturated heterocycles. The molecule has 10 heavy (non-hydrogen) atoms. The van der Waals surface area contributed by atoms with E-state index in [1.807, 2.05) is 0 Å². The summed E-state index contributed by atoms with van der Waals surface area (Å²) in [6.07, 6.45) is -2.70. The number of hydrogen-bond acceptors (Lipinski definition) is 1. The van der Waals surface area contributed by atoms with Crippen LogP contribution in [0, 0.1) is 5.95 Å². The zero-order chi connectivity index (χ0) is 7.72. The van der Waals surface area contributed by atoms with Crippen LogP contribution in [0.5, 0.6) is 0 Å². The first kappa shape index (κ1) is 7.11. The third-order valence-corrected chi connectivity index (χ3v) is 1.07. The van der Waals surface area contributed by atoms with Gasteiger partial charge < -0.3 is 0 Å². The third kappa shape index (κ3) is 1.12. The zero-order valence-corrected chi connectivity index (χ0v) is 5.18. The van der Waals surface area contributed by atoms with E-state index in [2.05, 4.69) is 5.10 Å². The Morgan fingerprint density at radius 3 is 2.40 bits per heavy atom. The Kier molecular flexibility index (Phi) is 1.65. The van der Waals surface area contributed by atoms with Crippen LogP contribution in [-0.4, -0.2) is 9.78 Å². The molecule has 1 aromatic heterocycles. The van der Waals surface area contributed by atoms with Gasteiger partial charge in [-0.1, -0.05) is 0 Å². The zero-order valence-electron chi connectivity index (χ0n) is 5.18. The number of alkyl halides is 2. The first-order chi connectivity index (χ1) is 4.61. The van der Waals surface area contributed by atoms with E-state index in [-0.39, 0.29) is 0 Å². The molecule has 56 valence electrons. The Morgan fingerprint density at radius 2 is 2.20 bits per heavy atom. The maximum Gasteiger partial charge on any atom is 0.282 e. The summed E-state index contributed by atoms with van der Waals surface area (Å²) in [7, 11) is 1.27. The van der Waals surface area contributed by atoms with Gasteiger partial charge in [-0.05, 0) is 0 Å². The molecular weight excluding hydrogens is 145 g/mol. The van der Waals surface area contributed by atoms with Crippen molar-refractivity contribution in [2.75, 3.05) is 0 Å². The summed E-state index contributed by atoms with van der Waals surface area (Å²) >= 11 is 0. The number of nitrogens with zero attached hydrogens (tertiary/aromatic N) is 2. The topological polar surface area (TPSA) is 17.8 Å². The molecule has 0 aliphatic carbocycles. The highest BCUT2D eigenvalue weighted by Crippen LogP contribution is 2.16. The van der Waals surface area contributed by atoms with Crippen LogP contribution in [0.4, 0.5) is 13.2 Å². The average molecular weight is 150 g/mol. The average Bonchev–Trinajstić information content (AvgIpc) is 2.13. The summed E-state index contributed by atoms with van der Waals surface area (Å²) in [6, 6.07) is 0.713. The van der Waals surface area contributed by atoms with Gasteiger partial charge in [0.25, 0.3) is 6.43 Å². The van der Waals surface area contributed by atoms with Gasteiger partial charge in [0.2, 0.25) is 5.95 Å². The fourth-order valence-electron chi connectivity index (χ4n) is 0.572. The molecule has 0 atom stereocenters. The molecule has 1 rings (SSSR count). The minimum absolute atomic E-state index is 0.528. The third-order valence-electron chi connectivity index (χ3n) is 1.07. The van der Waals surface area contributed by atoms with E-state index in [1.54, 1.807) is 0 Å². The van der Waals surface area contributed by atoms with Crippen molar-refractivity contribution < 1.29 is 13.2 Å². The van der Waals surface area contributed by atoms with Crippen molar-refractivity contribution >= 4 is 0 Å². The van der Waals surface area contributed by atoms with E-state index in [0.29, 0.717) is 6.07 Å². The van der Waals surface area contributed by atoms with Crippen molar-refractivity contribution in [1.82, 2.24) is 9.78 Å². The molecule has 0 spiro atoms. The summed E-state index contributed by atoms with van der Waals surface area (Å²) in [5.74, 6) is -0.754. The van der Waals surface area contributed by atoms with Crippen molar-refractivity contribution in [2.45, 2.75) is 6.43 Å². The lowest BCUT2D eigenvalue weighted by molar-refractivity contribution is 0.145. The SMILES string of the molecule is Cn1nc(C(F)F)cc1F. The van der Waals surface area contributed by atoms with E-state index < -0.39 is 18.1 Å². The maximum atomic E-state index is 12.3. The molecule has 0 radical (unpaired) electrons. The van der Waals surface area contributed by atoms with Crippen molar-refractivity contribution in [3.8, 4) is 0 Å². The Bertz CT molecular complexity index is 211. The van der Waals surface area contributed by atoms with Gasteiger partial charge in [-0.3, -0.25) is 0 Å². The van der Waals surface area contributed by atoms with Gasteiger partial charge >= 0.3 is 0 Å². The monoisotopic (exact) mass is 150 g/mol. The fraction of sp³-hybridized carbons (Fsp3) is 0.400. The molecule has 0 fully saturated rings. The van der Waals surface area contributed by atoms with Crippen LogP contribution in [0.1, 0.15) is 12.1 Å². The summed E-state index contributed by atoms with van der Waals surface area (Å²) in [5, 5.41) is 3.20. The number of aryl methyl sites for hydroxylation is 1. The summed E-state index contributed by atoms with van der Waals surface area (Å²) in [6.45, 7) is 0. The smallest absolute Gasteiger partial charge is 0.242 e. The second kappa shape index (κ2) is 2.32. The predicted octanol–water partition coefficient (Wildman–Crippen LogP) is 1.50. The van der Waals surface area contributed by atoms with Gasteiger partial charge in [-0.2, -0.15) is 9.49 Å². The Hall–Kier alpha value is -1.00. The minimum atomic E-state index is -2.70. The molecule has 0 saturated carbocycles. The van der Waals surface area contributed by atoms with Crippen LogP contribution in [0.2, 0.25) is 0 Å². The first-order valence-electron chi connectivity index (χ1n) is 2.59. The van der Waals surface area contributed by atoms with Gasteiger partial charge in [0, 0.05) is 13.1 Å². The molecule has 0 bridgehead atoms. The highest BCUT2D eigenvalue weighted by atomic mass is 19.3. The molecule has 5 heteroatoms.